The Morgan fingerprint density at radius 1 is 0.941 bits per heavy atom. The van der Waals surface area contributed by atoms with E-state index in [0.717, 1.165) is 55.5 Å². The molecular formula is C45H57ClN2O3. The van der Waals surface area contributed by atoms with Crippen molar-refractivity contribution in [3.63, 3.8) is 0 Å². The van der Waals surface area contributed by atoms with E-state index in [4.69, 9.17) is 11.6 Å². The molecule has 2 aromatic carbocycles. The third kappa shape index (κ3) is 4.98. The van der Waals surface area contributed by atoms with Crippen molar-refractivity contribution < 1.29 is 14.7 Å². The molecule has 0 aliphatic heterocycles. The number of carboxylic acid groups (broad SMARTS) is 1. The van der Waals surface area contributed by atoms with Crippen LogP contribution in [0, 0.1) is 44.8 Å². The van der Waals surface area contributed by atoms with Gasteiger partial charge in [0.1, 0.15) is 6.04 Å². The van der Waals surface area contributed by atoms with Crippen LogP contribution in [0.1, 0.15) is 117 Å². The molecule has 8 rings (SSSR count). The maximum atomic E-state index is 14.7. The molecule has 51 heavy (non-hydrogen) atoms. The molecule has 5 nitrogen and oxygen atoms in total. The van der Waals surface area contributed by atoms with Gasteiger partial charge in [0.2, 0.25) is 5.91 Å². The Bertz CT molecular complexity index is 1940. The second-order valence-corrected chi connectivity index (χ2v) is 19.9. The molecule has 1 aromatic heterocycles. The van der Waals surface area contributed by atoms with Gasteiger partial charge in [-0.2, -0.15) is 0 Å². The smallest absolute Gasteiger partial charge is 0.326 e. The van der Waals surface area contributed by atoms with Gasteiger partial charge in [-0.3, -0.25) is 4.79 Å². The molecule has 0 unspecified atom stereocenters. The maximum absolute atomic E-state index is 14.7. The highest BCUT2D eigenvalue weighted by Crippen LogP contribution is 2.75. The van der Waals surface area contributed by atoms with E-state index in [-0.39, 0.29) is 45.3 Å². The zero-order chi connectivity index (χ0) is 36.4. The lowest BCUT2D eigenvalue weighted by Gasteiger charge is -2.70. The predicted molar refractivity (Wildman–Crippen MR) is 206 cm³/mol. The number of carboxylic acids is 1. The minimum atomic E-state index is -0.967. The van der Waals surface area contributed by atoms with Crippen LogP contribution < -0.4 is 5.32 Å². The zero-order valence-electron chi connectivity index (χ0n) is 31.7. The van der Waals surface area contributed by atoms with E-state index < -0.39 is 17.4 Å². The van der Waals surface area contributed by atoms with Crippen molar-refractivity contribution in [2.24, 2.45) is 44.8 Å². The van der Waals surface area contributed by atoms with Crippen molar-refractivity contribution >= 4 is 34.4 Å². The molecule has 3 fully saturated rings. The highest BCUT2D eigenvalue weighted by atomic mass is 35.5. The zero-order valence-corrected chi connectivity index (χ0v) is 32.5. The average molecular weight is 709 g/mol. The van der Waals surface area contributed by atoms with Gasteiger partial charge in [-0.15, -0.1) is 0 Å². The fourth-order valence-corrected chi connectivity index (χ4v) is 13.5. The predicted octanol–water partition coefficient (Wildman–Crippen LogP) is 10.4. The monoisotopic (exact) mass is 708 g/mol. The lowest BCUT2D eigenvalue weighted by molar-refractivity contribution is -0.168. The molecule has 5 aliphatic carbocycles. The summed E-state index contributed by atoms with van der Waals surface area (Å²) in [7, 11) is 0. The van der Waals surface area contributed by atoms with E-state index in [1.54, 1.807) is 0 Å². The standard InChI is InChI=1S/C45H57ClN2O3/c1-40(2)19-21-45(39(51)48-34(38(49)50)23-27-11-9-8-10-12-27)22-20-43(6)31(32(45)26-40)14-16-36-42(5)25-30-29-24-28(46)13-15-33(29)47-37(30)41(3,4)35(42)17-18-44(36,43)7/h8-15,24,32,34-36,47H,16-23,25-26H2,1-7H3,(H,48,51)(H,49,50)/t32-,34-,35-,36+,42-,43+,44+,45-/m0/s1. The Labute approximate surface area is 309 Å². The molecule has 0 saturated heterocycles. The summed E-state index contributed by atoms with van der Waals surface area (Å²) in [4.78, 5) is 31.2. The SMILES string of the molecule is CC1(C)CC[C@]2(C(=O)N[C@@H](Cc3ccccc3)C(=O)O)CC[C@]3(C)C(=CC[C@@H]4[C@@]5(C)Cc6c([nH]c7ccc(Cl)cc67)C(C)(C)[C@@H]5CC[C@]43C)[C@@H]2C1. The summed E-state index contributed by atoms with van der Waals surface area (Å²) in [6, 6.07) is 15.0. The first-order valence-corrected chi connectivity index (χ1v) is 19.9. The summed E-state index contributed by atoms with van der Waals surface area (Å²) >= 11 is 6.60. The van der Waals surface area contributed by atoms with Crippen LogP contribution in [0.3, 0.4) is 0 Å². The summed E-state index contributed by atoms with van der Waals surface area (Å²) < 4.78 is 0. The van der Waals surface area contributed by atoms with E-state index in [0.29, 0.717) is 11.8 Å². The van der Waals surface area contributed by atoms with Gasteiger partial charge in [0.25, 0.3) is 0 Å². The molecule has 0 bridgehead atoms. The summed E-state index contributed by atoms with van der Waals surface area (Å²) in [6.45, 7) is 17.5. The fourth-order valence-electron chi connectivity index (χ4n) is 13.3. The molecular weight excluding hydrogens is 652 g/mol. The molecule has 5 aliphatic rings. The van der Waals surface area contributed by atoms with E-state index in [9.17, 15) is 14.7 Å². The summed E-state index contributed by atoms with van der Waals surface area (Å²) in [6.07, 6.45) is 11.9. The highest BCUT2D eigenvalue weighted by molar-refractivity contribution is 6.31. The molecule has 8 atom stereocenters. The van der Waals surface area contributed by atoms with Gasteiger partial charge in [-0.25, -0.2) is 4.79 Å². The van der Waals surface area contributed by atoms with Gasteiger partial charge in [0.05, 0.1) is 5.41 Å². The second kappa shape index (κ2) is 11.5. The number of aromatic amines is 1. The van der Waals surface area contributed by atoms with Gasteiger partial charge in [-0.05, 0) is 127 Å². The fraction of sp³-hybridized carbons (Fsp3) is 0.600. The molecule has 272 valence electrons. The van der Waals surface area contributed by atoms with Crippen LogP contribution in [-0.4, -0.2) is 28.0 Å². The Morgan fingerprint density at radius 2 is 1.67 bits per heavy atom. The topological polar surface area (TPSA) is 82.2 Å². The van der Waals surface area contributed by atoms with Gasteiger partial charge in [-0.1, -0.05) is 102 Å². The lowest BCUT2D eigenvalue weighted by atomic mass is 9.33. The number of hydrogen-bond acceptors (Lipinski definition) is 2. The minimum absolute atomic E-state index is 0.00763. The molecule has 3 aromatic rings. The maximum Gasteiger partial charge on any atom is 0.326 e. The van der Waals surface area contributed by atoms with Gasteiger partial charge in [0, 0.05) is 33.5 Å². The highest BCUT2D eigenvalue weighted by Gasteiger charge is 2.69. The third-order valence-corrected chi connectivity index (χ3v) is 16.4. The Balaban J connectivity index is 1.17. The van der Waals surface area contributed by atoms with Crippen LogP contribution in [0.2, 0.25) is 5.02 Å². The van der Waals surface area contributed by atoms with Crippen LogP contribution in [-0.2, 0) is 27.8 Å². The van der Waals surface area contributed by atoms with Gasteiger partial charge < -0.3 is 15.4 Å². The van der Waals surface area contributed by atoms with Crippen LogP contribution in [0.4, 0.5) is 0 Å². The van der Waals surface area contributed by atoms with E-state index >= 15 is 0 Å². The third-order valence-electron chi connectivity index (χ3n) is 16.2. The molecule has 1 heterocycles. The first-order chi connectivity index (χ1) is 24.0. The van der Waals surface area contributed by atoms with Gasteiger partial charge >= 0.3 is 5.97 Å². The van der Waals surface area contributed by atoms with Crippen molar-refractivity contribution in [1.82, 2.24) is 10.3 Å². The number of aliphatic carboxylic acids is 1. The number of benzene rings is 2. The normalized spacial score (nSPS) is 36.7. The molecule has 0 radical (unpaired) electrons. The van der Waals surface area contributed by atoms with Crippen molar-refractivity contribution in [1.29, 1.82) is 0 Å². The summed E-state index contributed by atoms with van der Waals surface area (Å²) in [5.41, 5.74) is 6.17. The largest absolute Gasteiger partial charge is 0.480 e. The number of nitrogens with one attached hydrogen (secondary N) is 2. The number of H-pyrrole nitrogens is 1. The quantitative estimate of drug-likeness (QED) is 0.231. The Kier molecular flexibility index (Phi) is 7.88. The van der Waals surface area contributed by atoms with Crippen molar-refractivity contribution in [2.75, 3.05) is 0 Å². The number of amides is 1. The number of allylic oxidation sites excluding steroid dienone is 2. The molecule has 3 N–H and O–H groups in total. The molecule has 6 heteroatoms. The van der Waals surface area contributed by atoms with E-state index in [1.807, 2.05) is 36.4 Å². The van der Waals surface area contributed by atoms with E-state index in [1.165, 1.54) is 40.6 Å². The number of rotatable bonds is 5. The van der Waals surface area contributed by atoms with Gasteiger partial charge in [0.15, 0.2) is 0 Å². The van der Waals surface area contributed by atoms with Crippen LogP contribution in [0.5, 0.6) is 0 Å². The lowest BCUT2D eigenvalue weighted by Crippen LogP contribution is -2.65. The number of aromatic nitrogens is 1. The minimum Gasteiger partial charge on any atom is -0.480 e. The van der Waals surface area contributed by atoms with E-state index in [2.05, 4.69) is 77.0 Å². The van der Waals surface area contributed by atoms with Crippen LogP contribution in [0.15, 0.2) is 60.2 Å². The number of fused-ring (bicyclic) bond motifs is 10. The first kappa shape index (κ1) is 35.0. The number of carbonyl (C=O) groups excluding carboxylic acids is 1. The molecule has 0 spiro atoms. The molecule has 1 amide bonds. The molecule has 3 saturated carbocycles. The summed E-state index contributed by atoms with van der Waals surface area (Å²) in [5.74, 6) is 0.160. The number of halogens is 1. The van der Waals surface area contributed by atoms with Crippen molar-refractivity contribution in [2.45, 2.75) is 124 Å². The van der Waals surface area contributed by atoms with Crippen LogP contribution >= 0.6 is 11.6 Å². The number of carbonyl (C=O) groups is 2. The Morgan fingerprint density at radius 3 is 2.39 bits per heavy atom. The number of hydrogen-bond donors (Lipinski definition) is 3. The first-order valence-electron chi connectivity index (χ1n) is 19.5. The van der Waals surface area contributed by atoms with Crippen molar-refractivity contribution in [3.05, 3.63) is 82.0 Å². The van der Waals surface area contributed by atoms with Crippen LogP contribution in [0.25, 0.3) is 10.9 Å². The average Bonchev–Trinajstić information content (AvgIpc) is 3.42. The summed E-state index contributed by atoms with van der Waals surface area (Å²) in [5, 5.41) is 15.5. The van der Waals surface area contributed by atoms with Crippen molar-refractivity contribution in [3.8, 4) is 0 Å². The Hall–Kier alpha value is -3.05. The second-order valence-electron chi connectivity index (χ2n) is 19.5.